The summed E-state index contributed by atoms with van der Waals surface area (Å²) < 4.78 is 12.2. The second kappa shape index (κ2) is 15.9. The molecule has 0 spiro atoms. The summed E-state index contributed by atoms with van der Waals surface area (Å²) in [6.45, 7) is 1.94. The van der Waals surface area contributed by atoms with Crippen LogP contribution in [0.3, 0.4) is 0 Å². The van der Waals surface area contributed by atoms with E-state index in [2.05, 4.69) is 58.5 Å². The van der Waals surface area contributed by atoms with Crippen molar-refractivity contribution in [2.24, 2.45) is 9.98 Å². The minimum Gasteiger partial charge on any atom is -0.374 e. The molecule has 0 N–H and O–H groups in total. The van der Waals surface area contributed by atoms with Crippen molar-refractivity contribution in [3.63, 3.8) is 0 Å². The van der Waals surface area contributed by atoms with Gasteiger partial charge in [0, 0.05) is 24.8 Å². The number of nitrogens with zero attached hydrogens (tertiary/aromatic N) is 4. The van der Waals surface area contributed by atoms with Crippen LogP contribution in [0.25, 0.3) is 0 Å². The highest BCUT2D eigenvalue weighted by atomic mass is 16.5. The third kappa shape index (κ3) is 9.13. The molecule has 0 amide bonds. The van der Waals surface area contributed by atoms with E-state index in [1.807, 2.05) is 85.2 Å². The Kier molecular flexibility index (Phi) is 10.9. The first-order valence-corrected chi connectivity index (χ1v) is 14.0. The maximum atomic E-state index is 6.10. The Hall–Kier alpha value is -4.78. The fourth-order valence-electron chi connectivity index (χ4n) is 4.35. The summed E-state index contributed by atoms with van der Waals surface area (Å²) in [5.74, 6) is 0. The zero-order valence-electron chi connectivity index (χ0n) is 23.4. The topological polar surface area (TPSA) is 69.0 Å². The van der Waals surface area contributed by atoms with E-state index in [0.717, 1.165) is 33.6 Å². The smallest absolute Gasteiger partial charge is 0.0983 e. The van der Waals surface area contributed by atoms with Gasteiger partial charge in [0.15, 0.2) is 0 Å². The number of pyridine rings is 2. The fraction of sp³-hybridized carbons (Fsp3) is 0.167. The van der Waals surface area contributed by atoms with Crippen LogP contribution >= 0.6 is 0 Å². The SMILES string of the molecule is C(=NC(COCc1ccc(COCC(N=Cc2ccccn2)c2ccccc2)cc1)c1ccccc1)c1ccccn1. The van der Waals surface area contributed by atoms with Crippen LogP contribution in [0.5, 0.6) is 0 Å². The van der Waals surface area contributed by atoms with Crippen LogP contribution in [0.4, 0.5) is 0 Å². The summed E-state index contributed by atoms with van der Waals surface area (Å²) in [6.07, 6.45) is 7.15. The molecule has 2 heterocycles. The quantitative estimate of drug-likeness (QED) is 0.136. The molecule has 2 unspecified atom stereocenters. The van der Waals surface area contributed by atoms with Crippen LogP contribution < -0.4 is 0 Å². The van der Waals surface area contributed by atoms with Crippen molar-refractivity contribution in [3.05, 3.63) is 167 Å². The first-order chi connectivity index (χ1) is 20.8. The summed E-state index contributed by atoms with van der Waals surface area (Å²) in [5, 5.41) is 0. The largest absolute Gasteiger partial charge is 0.374 e. The van der Waals surface area contributed by atoms with Crippen molar-refractivity contribution in [2.45, 2.75) is 25.3 Å². The second-order valence-corrected chi connectivity index (χ2v) is 9.77. The van der Waals surface area contributed by atoms with Gasteiger partial charge in [0.25, 0.3) is 0 Å². The molecule has 0 radical (unpaired) electrons. The molecule has 0 aliphatic carbocycles. The Morgan fingerprint density at radius 1 is 0.500 bits per heavy atom. The van der Waals surface area contributed by atoms with Gasteiger partial charge in [-0.1, -0.05) is 97.1 Å². The van der Waals surface area contributed by atoms with Gasteiger partial charge in [0.1, 0.15) is 0 Å². The molecule has 42 heavy (non-hydrogen) atoms. The molecular weight excluding hydrogens is 520 g/mol. The van der Waals surface area contributed by atoms with Crippen molar-refractivity contribution >= 4 is 12.4 Å². The standard InChI is InChI=1S/C36H34N4O2/c1-3-11-31(12-4-1)35(39-23-33-15-7-9-21-37-33)27-41-25-29-17-19-30(20-18-29)26-42-28-36(32-13-5-2-6-14-32)40-24-34-16-8-10-22-38-34/h1-24,35-36H,25-28H2. The molecule has 6 heteroatoms. The molecule has 5 aromatic rings. The van der Waals surface area contributed by atoms with E-state index < -0.39 is 0 Å². The summed E-state index contributed by atoms with van der Waals surface area (Å²) in [7, 11) is 0. The Balaban J connectivity index is 1.13. The Morgan fingerprint density at radius 3 is 1.29 bits per heavy atom. The lowest BCUT2D eigenvalue weighted by atomic mass is 10.1. The molecule has 0 saturated carbocycles. The minimum atomic E-state index is -0.112. The first-order valence-electron chi connectivity index (χ1n) is 14.0. The average molecular weight is 555 g/mol. The van der Waals surface area contributed by atoms with Crippen molar-refractivity contribution in [1.82, 2.24) is 9.97 Å². The highest BCUT2D eigenvalue weighted by molar-refractivity contribution is 5.77. The number of hydrogen-bond donors (Lipinski definition) is 0. The van der Waals surface area contributed by atoms with Crippen LogP contribution in [0, 0.1) is 0 Å². The number of aromatic nitrogens is 2. The molecular formula is C36H34N4O2. The van der Waals surface area contributed by atoms with Crippen molar-refractivity contribution in [3.8, 4) is 0 Å². The third-order valence-electron chi connectivity index (χ3n) is 6.63. The Morgan fingerprint density at radius 2 is 0.905 bits per heavy atom. The lowest BCUT2D eigenvalue weighted by molar-refractivity contribution is 0.107. The minimum absolute atomic E-state index is 0.112. The van der Waals surface area contributed by atoms with E-state index in [4.69, 9.17) is 19.5 Å². The Bertz CT molecular complexity index is 1390. The van der Waals surface area contributed by atoms with Crippen LogP contribution in [0.2, 0.25) is 0 Å². The summed E-state index contributed by atoms with van der Waals surface area (Å²) in [6, 6.07) is 40.1. The summed E-state index contributed by atoms with van der Waals surface area (Å²) in [4.78, 5) is 18.2. The fourth-order valence-corrected chi connectivity index (χ4v) is 4.35. The molecule has 0 saturated heterocycles. The molecule has 0 fully saturated rings. The average Bonchev–Trinajstić information content (AvgIpc) is 3.06. The van der Waals surface area contributed by atoms with Gasteiger partial charge in [-0.2, -0.15) is 0 Å². The van der Waals surface area contributed by atoms with Crippen LogP contribution in [-0.2, 0) is 22.7 Å². The predicted octanol–water partition coefficient (Wildman–Crippen LogP) is 7.23. The molecule has 0 aliphatic heterocycles. The third-order valence-corrected chi connectivity index (χ3v) is 6.63. The number of benzene rings is 3. The van der Waals surface area contributed by atoms with E-state index in [1.165, 1.54) is 0 Å². The van der Waals surface area contributed by atoms with Gasteiger partial charge < -0.3 is 9.47 Å². The number of ether oxygens (including phenoxy) is 2. The van der Waals surface area contributed by atoms with Gasteiger partial charge in [-0.3, -0.25) is 20.0 Å². The summed E-state index contributed by atoms with van der Waals surface area (Å²) in [5.41, 5.74) is 6.06. The summed E-state index contributed by atoms with van der Waals surface area (Å²) >= 11 is 0. The van der Waals surface area contributed by atoms with Gasteiger partial charge in [-0.15, -0.1) is 0 Å². The lowest BCUT2D eigenvalue weighted by Gasteiger charge is -2.14. The molecule has 210 valence electrons. The highest BCUT2D eigenvalue weighted by Gasteiger charge is 2.11. The van der Waals surface area contributed by atoms with Gasteiger partial charge in [0.2, 0.25) is 0 Å². The van der Waals surface area contributed by atoms with Crippen LogP contribution in [0.1, 0.15) is 45.7 Å². The second-order valence-electron chi connectivity index (χ2n) is 9.77. The Labute approximate surface area is 247 Å². The van der Waals surface area contributed by atoms with Crippen LogP contribution in [-0.4, -0.2) is 35.6 Å². The van der Waals surface area contributed by atoms with Gasteiger partial charge >= 0.3 is 0 Å². The van der Waals surface area contributed by atoms with E-state index in [9.17, 15) is 0 Å². The van der Waals surface area contributed by atoms with Crippen molar-refractivity contribution in [1.29, 1.82) is 0 Å². The molecule has 0 aliphatic rings. The maximum Gasteiger partial charge on any atom is 0.0983 e. The molecule has 0 bridgehead atoms. The van der Waals surface area contributed by atoms with Gasteiger partial charge in [-0.25, -0.2) is 0 Å². The molecule has 2 atom stereocenters. The van der Waals surface area contributed by atoms with E-state index in [0.29, 0.717) is 26.4 Å². The predicted molar refractivity (Wildman–Crippen MR) is 168 cm³/mol. The zero-order chi connectivity index (χ0) is 28.7. The van der Waals surface area contributed by atoms with E-state index in [1.54, 1.807) is 12.4 Å². The van der Waals surface area contributed by atoms with E-state index >= 15 is 0 Å². The lowest BCUT2D eigenvalue weighted by Crippen LogP contribution is -2.08. The molecule has 2 aromatic heterocycles. The number of rotatable bonds is 14. The van der Waals surface area contributed by atoms with Crippen molar-refractivity contribution < 1.29 is 9.47 Å². The molecule has 3 aromatic carbocycles. The maximum absolute atomic E-state index is 6.10. The number of aliphatic imine (C=N–C) groups is 2. The first kappa shape index (κ1) is 28.7. The van der Waals surface area contributed by atoms with Crippen LogP contribution in [0.15, 0.2) is 144 Å². The zero-order valence-corrected chi connectivity index (χ0v) is 23.4. The van der Waals surface area contributed by atoms with Gasteiger partial charge in [0.05, 0.1) is 49.9 Å². The van der Waals surface area contributed by atoms with E-state index in [-0.39, 0.29) is 12.1 Å². The molecule has 5 rings (SSSR count). The molecule has 6 nitrogen and oxygen atoms in total. The number of hydrogen-bond acceptors (Lipinski definition) is 6. The van der Waals surface area contributed by atoms with Crippen molar-refractivity contribution in [2.75, 3.05) is 13.2 Å². The van der Waals surface area contributed by atoms with Gasteiger partial charge in [-0.05, 0) is 46.5 Å². The highest BCUT2D eigenvalue weighted by Crippen LogP contribution is 2.20. The normalized spacial score (nSPS) is 13.0. The monoisotopic (exact) mass is 554 g/mol.